The number of rotatable bonds is 32. The van der Waals surface area contributed by atoms with Crippen molar-refractivity contribution in [1.82, 2.24) is 47.6 Å². The molecule has 0 bridgehead atoms. The predicted molar refractivity (Wildman–Crippen MR) is 312 cm³/mol. The molecule has 468 valence electrons. The highest BCUT2D eigenvalue weighted by Gasteiger charge is 2.35. The second kappa shape index (κ2) is 36.5. The van der Waals surface area contributed by atoms with Crippen molar-refractivity contribution in [1.29, 1.82) is 0 Å². The SMILES string of the molecule is CC(C)C[C@H](NC(=O)[C@H](C)NC(=O)OC(C)(C)C)C(=O)N[C@@H](C)C(=O)N[C@@H](CCC(=O)OC1CCCCC1)C(=O)N[C@@H](CC(C)C)C(=O)N[C@@H](CC(C)C)C(=O)N[C@@H](CCCCNC(=O)OCc1ccccc1Cl)C(=O)ON1CCCCC1. The third-order valence-corrected chi connectivity index (χ3v) is 14.0. The van der Waals surface area contributed by atoms with E-state index in [4.69, 9.17) is 30.6 Å². The first-order valence-electron chi connectivity index (χ1n) is 29.7. The lowest BCUT2D eigenvalue weighted by atomic mass is 9.98. The van der Waals surface area contributed by atoms with Gasteiger partial charge >= 0.3 is 24.1 Å². The molecule has 1 heterocycles. The van der Waals surface area contributed by atoms with E-state index in [9.17, 15) is 47.9 Å². The van der Waals surface area contributed by atoms with Crippen molar-refractivity contribution in [3.8, 4) is 0 Å². The van der Waals surface area contributed by atoms with E-state index in [-0.39, 0.29) is 75.5 Å². The van der Waals surface area contributed by atoms with Gasteiger partial charge in [-0.1, -0.05) is 84.2 Å². The summed E-state index contributed by atoms with van der Waals surface area (Å²) in [7, 11) is 0. The van der Waals surface area contributed by atoms with Crippen molar-refractivity contribution in [2.45, 2.75) is 239 Å². The van der Waals surface area contributed by atoms with E-state index < -0.39 is 107 Å². The number of benzene rings is 1. The number of piperidine rings is 1. The lowest BCUT2D eigenvalue weighted by Gasteiger charge is -2.29. The highest BCUT2D eigenvalue weighted by atomic mass is 35.5. The Morgan fingerprint density at radius 1 is 0.566 bits per heavy atom. The Kier molecular flexibility index (Phi) is 31.2. The van der Waals surface area contributed by atoms with Crippen LogP contribution in [0.3, 0.4) is 0 Å². The predicted octanol–water partition coefficient (Wildman–Crippen LogP) is 6.32. The van der Waals surface area contributed by atoms with E-state index in [0.29, 0.717) is 49.4 Å². The fourth-order valence-electron chi connectivity index (χ4n) is 9.28. The molecule has 3 rings (SSSR count). The number of hydrogen-bond acceptors (Lipinski definition) is 15. The second-order valence-electron chi connectivity index (χ2n) is 24.1. The Hall–Kier alpha value is -6.23. The fraction of sp³-hybridized carbons (Fsp3) is 0.729. The molecule has 1 saturated carbocycles. The zero-order chi connectivity index (χ0) is 61.8. The summed E-state index contributed by atoms with van der Waals surface area (Å²) in [6.45, 7) is 20.1. The summed E-state index contributed by atoms with van der Waals surface area (Å²) in [6, 6.07) is -1.51. The van der Waals surface area contributed by atoms with Crippen molar-refractivity contribution in [2.24, 2.45) is 17.8 Å². The van der Waals surface area contributed by atoms with E-state index in [0.717, 1.165) is 38.5 Å². The van der Waals surface area contributed by atoms with Crippen LogP contribution in [0.2, 0.25) is 5.02 Å². The summed E-state index contributed by atoms with van der Waals surface area (Å²) in [4.78, 5) is 142. The maximum Gasteiger partial charge on any atom is 0.408 e. The van der Waals surface area contributed by atoms with Crippen LogP contribution in [0.4, 0.5) is 9.59 Å². The molecule has 83 heavy (non-hydrogen) atoms. The van der Waals surface area contributed by atoms with Crippen LogP contribution in [-0.2, 0) is 64.0 Å². The molecule has 8 N–H and O–H groups in total. The van der Waals surface area contributed by atoms with E-state index in [2.05, 4.69) is 42.5 Å². The number of carbonyl (C=O) groups excluding carboxylic acids is 10. The number of halogens is 1. The molecule has 1 aromatic carbocycles. The molecule has 0 spiro atoms. The molecule has 0 radical (unpaired) electrons. The summed E-state index contributed by atoms with van der Waals surface area (Å²) in [5, 5.41) is 23.5. The molecule has 8 amide bonds. The Morgan fingerprint density at radius 2 is 1.05 bits per heavy atom. The third kappa shape index (κ3) is 28.7. The van der Waals surface area contributed by atoms with Crippen molar-refractivity contribution in [3.05, 3.63) is 34.9 Å². The standard InChI is InChI=1S/C59H96ClN9O14/c1-36(2)32-46(66-51(72)40(8)63-58(79)82-59(9,10)11)53(74)62-39(7)50(71)64-44(27-28-49(70)81-42-23-14-12-15-24-42)52(73)67-48(34-38(5)6)55(76)68-47(33-37(3)4)54(75)65-45(56(77)83-69-30-20-13-21-31-69)26-18-19-29-61-57(78)80-35-41-22-16-17-25-43(41)60/h16-17,22,25,36-40,42,44-48H,12-15,18-21,23-24,26-35H2,1-11H3,(H,61,78)(H,62,74)(H,63,79)(H,64,71)(H,65,75)(H,66,72)(H,67,73)(H,68,76)/t39-,40-,44-,45-,46-,47-,48-/m0/s1. The van der Waals surface area contributed by atoms with Gasteiger partial charge in [0.15, 0.2) is 0 Å². The van der Waals surface area contributed by atoms with Crippen molar-refractivity contribution < 1.29 is 67.0 Å². The van der Waals surface area contributed by atoms with Gasteiger partial charge in [-0.25, -0.2) is 14.4 Å². The molecular formula is C59H96ClN9O14. The Balaban J connectivity index is 1.79. The van der Waals surface area contributed by atoms with Crippen LogP contribution in [0.5, 0.6) is 0 Å². The first-order chi connectivity index (χ1) is 39.1. The monoisotopic (exact) mass is 1190 g/mol. The molecular weight excluding hydrogens is 1090 g/mol. The molecule has 7 atom stereocenters. The lowest BCUT2D eigenvalue weighted by molar-refractivity contribution is -0.197. The molecule has 1 saturated heterocycles. The smallest absolute Gasteiger partial charge is 0.408 e. The number of nitrogens with one attached hydrogen (secondary N) is 8. The zero-order valence-corrected chi connectivity index (χ0v) is 51.6. The van der Waals surface area contributed by atoms with E-state index in [1.54, 1.807) is 50.1 Å². The minimum Gasteiger partial charge on any atom is -0.462 e. The summed E-state index contributed by atoms with van der Waals surface area (Å²) in [5.74, 6) is -6.09. The van der Waals surface area contributed by atoms with Crippen LogP contribution in [0.1, 0.15) is 184 Å². The average Bonchev–Trinajstić information content (AvgIpc) is 3.45. The topological polar surface area (TPSA) is 307 Å². The minimum absolute atomic E-state index is 0.0227. The first kappa shape index (κ1) is 71.0. The van der Waals surface area contributed by atoms with Gasteiger partial charge < -0.3 is 61.6 Å². The Labute approximate surface area is 495 Å². The van der Waals surface area contributed by atoms with Gasteiger partial charge in [0.05, 0.1) is 0 Å². The number of nitrogens with zero attached hydrogens (tertiary/aromatic N) is 1. The number of ether oxygens (including phenoxy) is 3. The normalized spacial score (nSPS) is 16.6. The number of esters is 1. The van der Waals surface area contributed by atoms with Gasteiger partial charge in [0.2, 0.25) is 35.4 Å². The van der Waals surface area contributed by atoms with Gasteiger partial charge in [-0.3, -0.25) is 33.6 Å². The summed E-state index contributed by atoms with van der Waals surface area (Å²) < 4.78 is 16.3. The third-order valence-electron chi connectivity index (χ3n) is 13.7. The van der Waals surface area contributed by atoms with Crippen molar-refractivity contribution >= 4 is 71.2 Å². The summed E-state index contributed by atoms with van der Waals surface area (Å²) in [6.07, 6.45) is 5.95. The first-order valence-corrected chi connectivity index (χ1v) is 30.1. The van der Waals surface area contributed by atoms with E-state index >= 15 is 0 Å². The minimum atomic E-state index is -1.43. The maximum atomic E-state index is 14.5. The van der Waals surface area contributed by atoms with Crippen molar-refractivity contribution in [3.63, 3.8) is 0 Å². The molecule has 1 aliphatic carbocycles. The number of alkyl carbamates (subject to hydrolysis) is 2. The number of carbonyl (C=O) groups is 10. The van der Waals surface area contributed by atoms with Gasteiger partial charge in [-0.15, -0.1) is 5.06 Å². The largest absolute Gasteiger partial charge is 0.462 e. The van der Waals surface area contributed by atoms with Gasteiger partial charge in [0, 0.05) is 36.6 Å². The fourth-order valence-corrected chi connectivity index (χ4v) is 9.47. The molecule has 0 unspecified atom stereocenters. The number of amides is 8. The molecule has 1 aromatic rings. The molecule has 23 nitrogen and oxygen atoms in total. The zero-order valence-electron chi connectivity index (χ0n) is 50.8. The van der Waals surface area contributed by atoms with Gasteiger partial charge in [-0.2, -0.15) is 0 Å². The Morgan fingerprint density at radius 3 is 1.59 bits per heavy atom. The van der Waals surface area contributed by atoms with Gasteiger partial charge in [0.25, 0.3) is 0 Å². The summed E-state index contributed by atoms with van der Waals surface area (Å²) in [5.41, 5.74) is -0.173. The lowest BCUT2D eigenvalue weighted by Crippen LogP contribution is -2.60. The molecule has 1 aliphatic heterocycles. The molecule has 2 fully saturated rings. The highest BCUT2D eigenvalue weighted by molar-refractivity contribution is 6.31. The molecule has 0 aromatic heterocycles. The number of hydrogen-bond donors (Lipinski definition) is 8. The number of hydroxylamine groups is 2. The van der Waals surface area contributed by atoms with E-state index in [1.807, 2.05) is 41.5 Å². The van der Waals surface area contributed by atoms with Gasteiger partial charge in [0.1, 0.15) is 60.6 Å². The van der Waals surface area contributed by atoms with Crippen LogP contribution < -0.4 is 42.5 Å². The molecule has 24 heteroatoms. The summed E-state index contributed by atoms with van der Waals surface area (Å²) >= 11 is 6.18. The maximum absolute atomic E-state index is 14.5. The van der Waals surface area contributed by atoms with Crippen LogP contribution >= 0.6 is 11.6 Å². The van der Waals surface area contributed by atoms with Crippen LogP contribution in [-0.4, -0.2) is 138 Å². The van der Waals surface area contributed by atoms with Crippen LogP contribution in [0.15, 0.2) is 24.3 Å². The van der Waals surface area contributed by atoms with Gasteiger partial charge in [-0.05, 0) is 142 Å². The second-order valence-corrected chi connectivity index (χ2v) is 24.5. The van der Waals surface area contributed by atoms with Crippen molar-refractivity contribution in [2.75, 3.05) is 19.6 Å². The van der Waals surface area contributed by atoms with Crippen LogP contribution in [0.25, 0.3) is 0 Å². The molecule has 2 aliphatic rings. The quantitative estimate of drug-likeness (QED) is 0.0223. The Bertz CT molecular complexity index is 2290. The van der Waals surface area contributed by atoms with E-state index in [1.165, 1.54) is 13.8 Å². The van der Waals surface area contributed by atoms with Crippen LogP contribution in [0, 0.1) is 17.8 Å². The average molecular weight is 1190 g/mol. The highest BCUT2D eigenvalue weighted by Crippen LogP contribution is 2.22. The number of unbranched alkanes of at least 4 members (excludes halogenated alkanes) is 1.